The smallest absolute Gasteiger partial charge is 0.308 e. The summed E-state index contributed by atoms with van der Waals surface area (Å²) >= 11 is 0. The molecule has 1 aromatic carbocycles. The molecular formula is C11H10O3. The van der Waals surface area contributed by atoms with Gasteiger partial charge in [0.1, 0.15) is 0 Å². The second kappa shape index (κ2) is 4.33. The summed E-state index contributed by atoms with van der Waals surface area (Å²) in [5, 5.41) is 0. The minimum absolute atomic E-state index is 0.374. The number of methoxy groups -OCH3 is 1. The monoisotopic (exact) mass is 190 g/mol. The Labute approximate surface area is 82.6 Å². The quantitative estimate of drug-likeness (QED) is 0.403. The predicted octanol–water partition coefficient (Wildman–Crippen LogP) is 1.60. The Morgan fingerprint density at radius 3 is 2.64 bits per heavy atom. The van der Waals surface area contributed by atoms with Gasteiger partial charge in [-0.2, -0.15) is 0 Å². The zero-order chi connectivity index (χ0) is 10.6. The van der Waals surface area contributed by atoms with Crippen LogP contribution in [0.5, 0.6) is 11.5 Å². The first kappa shape index (κ1) is 10.1. The standard InChI is InChI=1S/C11H10O3/c1-4-9-5-6-10(14-8(2)12)11(7-9)13-3/h1,5-7H,2-3H3. The highest BCUT2D eigenvalue weighted by Gasteiger charge is 2.06. The lowest BCUT2D eigenvalue weighted by Crippen LogP contribution is -2.03. The summed E-state index contributed by atoms with van der Waals surface area (Å²) in [5.74, 6) is 2.90. The molecule has 3 nitrogen and oxygen atoms in total. The van der Waals surface area contributed by atoms with Crippen molar-refractivity contribution < 1.29 is 14.3 Å². The predicted molar refractivity (Wildman–Crippen MR) is 52.2 cm³/mol. The van der Waals surface area contributed by atoms with Gasteiger partial charge in [-0.05, 0) is 18.2 Å². The van der Waals surface area contributed by atoms with Crippen LogP contribution >= 0.6 is 0 Å². The number of benzene rings is 1. The average Bonchev–Trinajstić information content (AvgIpc) is 2.17. The van der Waals surface area contributed by atoms with Crippen molar-refractivity contribution in [3.05, 3.63) is 23.8 Å². The van der Waals surface area contributed by atoms with E-state index in [0.717, 1.165) is 0 Å². The average molecular weight is 190 g/mol. The number of carbonyl (C=O) groups excluding carboxylic acids is 1. The SMILES string of the molecule is C#Cc1ccc(OC(C)=O)c(OC)c1. The van der Waals surface area contributed by atoms with Crippen molar-refractivity contribution in [1.29, 1.82) is 0 Å². The van der Waals surface area contributed by atoms with Crippen LogP contribution < -0.4 is 9.47 Å². The van der Waals surface area contributed by atoms with Gasteiger partial charge in [0.15, 0.2) is 11.5 Å². The van der Waals surface area contributed by atoms with Gasteiger partial charge in [-0.3, -0.25) is 4.79 Å². The largest absolute Gasteiger partial charge is 0.493 e. The molecule has 1 rings (SSSR count). The van der Waals surface area contributed by atoms with Gasteiger partial charge >= 0.3 is 5.97 Å². The van der Waals surface area contributed by atoms with Gasteiger partial charge in [0.2, 0.25) is 0 Å². The normalized spacial score (nSPS) is 8.93. The summed E-state index contributed by atoms with van der Waals surface area (Å²) in [6.07, 6.45) is 5.21. The third kappa shape index (κ3) is 2.27. The zero-order valence-corrected chi connectivity index (χ0v) is 8.03. The maximum Gasteiger partial charge on any atom is 0.308 e. The Morgan fingerprint density at radius 1 is 1.43 bits per heavy atom. The number of hydrogen-bond donors (Lipinski definition) is 0. The summed E-state index contributed by atoms with van der Waals surface area (Å²) in [4.78, 5) is 10.7. The van der Waals surface area contributed by atoms with Crippen molar-refractivity contribution in [2.24, 2.45) is 0 Å². The molecule has 0 saturated carbocycles. The third-order valence-corrected chi connectivity index (χ3v) is 1.58. The third-order valence-electron chi connectivity index (χ3n) is 1.58. The molecule has 1 aromatic rings. The zero-order valence-electron chi connectivity index (χ0n) is 8.03. The Morgan fingerprint density at radius 2 is 2.14 bits per heavy atom. The second-order valence-electron chi connectivity index (χ2n) is 2.60. The van der Waals surface area contributed by atoms with Gasteiger partial charge in [-0.1, -0.05) is 5.92 Å². The van der Waals surface area contributed by atoms with E-state index in [9.17, 15) is 4.79 Å². The molecule has 0 aliphatic carbocycles. The molecule has 14 heavy (non-hydrogen) atoms. The van der Waals surface area contributed by atoms with E-state index in [1.54, 1.807) is 18.2 Å². The molecule has 0 N–H and O–H groups in total. The maximum absolute atomic E-state index is 10.7. The van der Waals surface area contributed by atoms with E-state index in [-0.39, 0.29) is 0 Å². The van der Waals surface area contributed by atoms with Crippen LogP contribution in [0, 0.1) is 12.3 Å². The topological polar surface area (TPSA) is 35.5 Å². The lowest BCUT2D eigenvalue weighted by atomic mass is 10.2. The van der Waals surface area contributed by atoms with E-state index in [1.165, 1.54) is 14.0 Å². The Hall–Kier alpha value is -1.95. The van der Waals surface area contributed by atoms with Gasteiger partial charge in [0.05, 0.1) is 7.11 Å². The lowest BCUT2D eigenvalue weighted by Gasteiger charge is -2.07. The fourth-order valence-corrected chi connectivity index (χ4v) is 0.997. The number of carbonyl (C=O) groups is 1. The highest BCUT2D eigenvalue weighted by molar-refractivity contribution is 5.70. The second-order valence-corrected chi connectivity index (χ2v) is 2.60. The van der Waals surface area contributed by atoms with Gasteiger partial charge in [-0.25, -0.2) is 0 Å². The highest BCUT2D eigenvalue weighted by atomic mass is 16.6. The molecule has 0 fully saturated rings. The van der Waals surface area contributed by atoms with Crippen LogP contribution in [0.3, 0.4) is 0 Å². The highest BCUT2D eigenvalue weighted by Crippen LogP contribution is 2.27. The van der Waals surface area contributed by atoms with E-state index < -0.39 is 5.97 Å². The molecule has 0 unspecified atom stereocenters. The first-order valence-electron chi connectivity index (χ1n) is 4.00. The molecule has 0 aliphatic heterocycles. The van der Waals surface area contributed by atoms with Crippen molar-refractivity contribution in [1.82, 2.24) is 0 Å². The molecular weight excluding hydrogens is 180 g/mol. The minimum Gasteiger partial charge on any atom is -0.493 e. The number of terminal acetylenes is 1. The maximum atomic E-state index is 10.7. The molecule has 0 spiro atoms. The van der Waals surface area contributed by atoms with Crippen LogP contribution in [0.15, 0.2) is 18.2 Å². The van der Waals surface area contributed by atoms with Gasteiger partial charge in [-0.15, -0.1) is 6.42 Å². The Balaban J connectivity index is 3.06. The van der Waals surface area contributed by atoms with Crippen LogP contribution in [-0.2, 0) is 4.79 Å². The molecule has 0 atom stereocenters. The van der Waals surface area contributed by atoms with Crippen LogP contribution in [0.25, 0.3) is 0 Å². The molecule has 0 heterocycles. The first-order valence-corrected chi connectivity index (χ1v) is 4.00. The van der Waals surface area contributed by atoms with Gasteiger partial charge in [0, 0.05) is 12.5 Å². The van der Waals surface area contributed by atoms with Crippen LogP contribution in [0.2, 0.25) is 0 Å². The van der Waals surface area contributed by atoms with E-state index in [4.69, 9.17) is 15.9 Å². The summed E-state index contributed by atoms with van der Waals surface area (Å²) in [7, 11) is 1.49. The summed E-state index contributed by atoms with van der Waals surface area (Å²) < 4.78 is 9.92. The van der Waals surface area contributed by atoms with Gasteiger partial charge in [0.25, 0.3) is 0 Å². The number of hydrogen-bond acceptors (Lipinski definition) is 3. The van der Waals surface area contributed by atoms with E-state index in [0.29, 0.717) is 17.1 Å². The number of rotatable bonds is 2. The Bertz CT molecular complexity index is 388. The molecule has 72 valence electrons. The van der Waals surface area contributed by atoms with E-state index in [1.807, 2.05) is 0 Å². The van der Waals surface area contributed by atoms with Crippen molar-refractivity contribution in [2.45, 2.75) is 6.92 Å². The van der Waals surface area contributed by atoms with Crippen molar-refractivity contribution in [3.63, 3.8) is 0 Å². The van der Waals surface area contributed by atoms with E-state index in [2.05, 4.69) is 5.92 Å². The molecule has 0 aromatic heterocycles. The van der Waals surface area contributed by atoms with Crippen LogP contribution in [0.4, 0.5) is 0 Å². The molecule has 0 radical (unpaired) electrons. The summed E-state index contributed by atoms with van der Waals surface area (Å²) in [6, 6.07) is 4.93. The van der Waals surface area contributed by atoms with Crippen LogP contribution in [-0.4, -0.2) is 13.1 Å². The van der Waals surface area contributed by atoms with Crippen LogP contribution in [0.1, 0.15) is 12.5 Å². The fourth-order valence-electron chi connectivity index (χ4n) is 0.997. The lowest BCUT2D eigenvalue weighted by molar-refractivity contribution is -0.132. The molecule has 0 bridgehead atoms. The van der Waals surface area contributed by atoms with Gasteiger partial charge < -0.3 is 9.47 Å². The summed E-state index contributed by atoms with van der Waals surface area (Å²) in [5.41, 5.74) is 0.678. The van der Waals surface area contributed by atoms with E-state index >= 15 is 0 Å². The Kier molecular flexibility index (Phi) is 3.14. The minimum atomic E-state index is -0.392. The fraction of sp³-hybridized carbons (Fsp3) is 0.182. The van der Waals surface area contributed by atoms with Crippen molar-refractivity contribution >= 4 is 5.97 Å². The molecule has 3 heteroatoms. The van der Waals surface area contributed by atoms with Crippen molar-refractivity contribution in [3.8, 4) is 23.8 Å². The van der Waals surface area contributed by atoms with Crippen molar-refractivity contribution in [2.75, 3.05) is 7.11 Å². The molecule has 0 amide bonds. The molecule has 0 aliphatic rings. The molecule has 0 saturated heterocycles. The number of esters is 1. The number of ether oxygens (including phenoxy) is 2. The summed E-state index contributed by atoms with van der Waals surface area (Å²) in [6.45, 7) is 1.33. The first-order chi connectivity index (χ1) is 6.67.